The van der Waals surface area contributed by atoms with Crippen molar-refractivity contribution < 1.29 is 0 Å². The summed E-state index contributed by atoms with van der Waals surface area (Å²) in [6, 6.07) is 2.26. The Hall–Kier alpha value is -0.790. The van der Waals surface area contributed by atoms with Crippen LogP contribution >= 0.6 is 0 Å². The fourth-order valence-corrected chi connectivity index (χ4v) is 1.99. The van der Waals surface area contributed by atoms with E-state index in [9.17, 15) is 0 Å². The molecule has 72 valence electrons. The van der Waals surface area contributed by atoms with Crippen LogP contribution in [-0.2, 0) is 13.0 Å². The first kappa shape index (κ1) is 8.79. The lowest BCUT2D eigenvalue weighted by Crippen LogP contribution is -2.13. The summed E-state index contributed by atoms with van der Waals surface area (Å²) in [7, 11) is 0. The van der Waals surface area contributed by atoms with E-state index in [1.807, 2.05) is 0 Å². The molecule has 2 nitrogen and oxygen atoms in total. The van der Waals surface area contributed by atoms with Crippen LogP contribution < -0.4 is 0 Å². The van der Waals surface area contributed by atoms with E-state index in [-0.39, 0.29) is 0 Å². The molecule has 0 spiro atoms. The summed E-state index contributed by atoms with van der Waals surface area (Å²) in [6.07, 6.45) is 1.17. The second-order valence-electron chi connectivity index (χ2n) is 5.21. The van der Waals surface area contributed by atoms with Gasteiger partial charge in [0.2, 0.25) is 0 Å². The summed E-state index contributed by atoms with van der Waals surface area (Å²) in [4.78, 5) is 0. The molecular weight excluding hydrogens is 160 g/mol. The van der Waals surface area contributed by atoms with E-state index in [0.717, 1.165) is 6.54 Å². The highest BCUT2D eigenvalue weighted by Crippen LogP contribution is 2.32. The Morgan fingerprint density at radius 3 is 2.69 bits per heavy atom. The first-order valence-electron chi connectivity index (χ1n) is 5.04. The van der Waals surface area contributed by atoms with Gasteiger partial charge in [-0.1, -0.05) is 27.7 Å². The average molecular weight is 178 g/mol. The number of fused-ring (bicyclic) bond motifs is 1. The fraction of sp³-hybridized carbons (Fsp3) is 0.727. The minimum atomic E-state index is 0.415. The van der Waals surface area contributed by atoms with Crippen molar-refractivity contribution >= 4 is 0 Å². The maximum atomic E-state index is 4.60. The summed E-state index contributed by atoms with van der Waals surface area (Å²) in [5.41, 5.74) is 3.07. The Morgan fingerprint density at radius 1 is 1.46 bits per heavy atom. The lowest BCUT2D eigenvalue weighted by Gasteiger charge is -2.14. The summed E-state index contributed by atoms with van der Waals surface area (Å²) in [6.45, 7) is 10.1. The van der Waals surface area contributed by atoms with Gasteiger partial charge in [0.05, 0.1) is 5.69 Å². The van der Waals surface area contributed by atoms with Crippen LogP contribution in [0.1, 0.15) is 45.0 Å². The van der Waals surface area contributed by atoms with Crippen molar-refractivity contribution in [2.24, 2.45) is 5.41 Å². The summed E-state index contributed by atoms with van der Waals surface area (Å²) >= 11 is 0. The second-order valence-corrected chi connectivity index (χ2v) is 5.21. The predicted molar refractivity (Wildman–Crippen MR) is 53.8 cm³/mol. The molecule has 0 atom stereocenters. The number of nitrogens with zero attached hydrogens (tertiary/aromatic N) is 2. The van der Waals surface area contributed by atoms with Gasteiger partial charge < -0.3 is 0 Å². The molecule has 0 aromatic carbocycles. The Bertz CT molecular complexity index is 295. The van der Waals surface area contributed by atoms with Crippen molar-refractivity contribution in [3.63, 3.8) is 0 Å². The third-order valence-corrected chi connectivity index (χ3v) is 2.71. The SMILES string of the molecule is CC(C)c1cc2n(n1)CC(C)(C)C2. The molecule has 0 bridgehead atoms. The summed E-state index contributed by atoms with van der Waals surface area (Å²) in [5, 5.41) is 4.60. The molecule has 1 aliphatic heterocycles. The van der Waals surface area contributed by atoms with E-state index in [0.29, 0.717) is 11.3 Å². The van der Waals surface area contributed by atoms with Gasteiger partial charge in [0.1, 0.15) is 0 Å². The van der Waals surface area contributed by atoms with Crippen LogP contribution in [-0.4, -0.2) is 9.78 Å². The van der Waals surface area contributed by atoms with Crippen LogP contribution in [0.15, 0.2) is 6.07 Å². The molecule has 2 rings (SSSR count). The molecule has 2 heterocycles. The van der Waals surface area contributed by atoms with Gasteiger partial charge >= 0.3 is 0 Å². The Morgan fingerprint density at radius 2 is 2.15 bits per heavy atom. The van der Waals surface area contributed by atoms with Crippen LogP contribution in [0.25, 0.3) is 0 Å². The largest absolute Gasteiger partial charge is 0.269 e. The standard InChI is InChI=1S/C11H18N2/c1-8(2)10-5-9-6-11(3,4)7-13(9)12-10/h5,8H,6-7H2,1-4H3. The van der Waals surface area contributed by atoms with Gasteiger partial charge in [-0.25, -0.2) is 0 Å². The number of hydrogen-bond acceptors (Lipinski definition) is 1. The molecule has 0 saturated heterocycles. The molecule has 0 amide bonds. The quantitative estimate of drug-likeness (QED) is 0.646. The van der Waals surface area contributed by atoms with Crippen molar-refractivity contribution in [3.05, 3.63) is 17.5 Å². The number of hydrogen-bond donors (Lipinski definition) is 0. The van der Waals surface area contributed by atoms with Gasteiger partial charge in [0.25, 0.3) is 0 Å². The molecule has 1 aromatic heterocycles. The minimum Gasteiger partial charge on any atom is -0.269 e. The molecule has 0 N–H and O–H groups in total. The first-order chi connectivity index (χ1) is 5.98. The second kappa shape index (κ2) is 2.60. The molecular formula is C11H18N2. The highest BCUT2D eigenvalue weighted by Gasteiger charge is 2.29. The maximum absolute atomic E-state index is 4.60. The van der Waals surface area contributed by atoms with Crippen molar-refractivity contribution in [3.8, 4) is 0 Å². The van der Waals surface area contributed by atoms with E-state index < -0.39 is 0 Å². The lowest BCUT2D eigenvalue weighted by atomic mass is 9.91. The Labute approximate surface area is 80.0 Å². The topological polar surface area (TPSA) is 17.8 Å². The maximum Gasteiger partial charge on any atom is 0.0652 e. The van der Waals surface area contributed by atoms with Gasteiger partial charge in [0, 0.05) is 12.2 Å². The molecule has 2 heteroatoms. The summed E-state index contributed by atoms with van der Waals surface area (Å²) in [5.74, 6) is 0.557. The predicted octanol–water partition coefficient (Wildman–Crippen LogP) is 2.59. The fourth-order valence-electron chi connectivity index (χ4n) is 1.99. The zero-order chi connectivity index (χ0) is 9.64. The Balaban J connectivity index is 2.29. The monoisotopic (exact) mass is 178 g/mol. The normalized spacial score (nSPS) is 19.5. The summed E-state index contributed by atoms with van der Waals surface area (Å²) < 4.78 is 2.18. The van der Waals surface area contributed by atoms with Crippen molar-refractivity contribution in [2.45, 2.75) is 46.6 Å². The van der Waals surface area contributed by atoms with Gasteiger partial charge in [-0.2, -0.15) is 5.10 Å². The molecule has 0 radical (unpaired) electrons. The smallest absolute Gasteiger partial charge is 0.0652 e. The van der Waals surface area contributed by atoms with Crippen LogP contribution in [0.3, 0.4) is 0 Å². The van der Waals surface area contributed by atoms with Gasteiger partial charge in [-0.3, -0.25) is 4.68 Å². The third-order valence-electron chi connectivity index (χ3n) is 2.71. The van der Waals surface area contributed by atoms with Crippen LogP contribution in [0.2, 0.25) is 0 Å². The van der Waals surface area contributed by atoms with E-state index in [1.54, 1.807) is 0 Å². The van der Waals surface area contributed by atoms with E-state index in [4.69, 9.17) is 0 Å². The minimum absolute atomic E-state index is 0.415. The van der Waals surface area contributed by atoms with Crippen molar-refractivity contribution in [2.75, 3.05) is 0 Å². The molecule has 1 aliphatic rings. The molecule has 0 aliphatic carbocycles. The van der Waals surface area contributed by atoms with E-state index >= 15 is 0 Å². The molecule has 1 aromatic rings. The van der Waals surface area contributed by atoms with Gasteiger partial charge in [-0.05, 0) is 23.8 Å². The van der Waals surface area contributed by atoms with Crippen molar-refractivity contribution in [1.29, 1.82) is 0 Å². The molecule has 13 heavy (non-hydrogen) atoms. The zero-order valence-electron chi connectivity index (χ0n) is 8.96. The van der Waals surface area contributed by atoms with Crippen LogP contribution in [0.4, 0.5) is 0 Å². The van der Waals surface area contributed by atoms with Crippen molar-refractivity contribution in [1.82, 2.24) is 9.78 Å². The van der Waals surface area contributed by atoms with Crippen LogP contribution in [0, 0.1) is 5.41 Å². The number of rotatable bonds is 1. The zero-order valence-corrected chi connectivity index (χ0v) is 8.96. The number of aromatic nitrogens is 2. The Kier molecular flexibility index (Phi) is 1.76. The van der Waals surface area contributed by atoms with E-state index in [1.165, 1.54) is 17.8 Å². The molecule has 0 unspecified atom stereocenters. The van der Waals surface area contributed by atoms with Crippen LogP contribution in [0.5, 0.6) is 0 Å². The molecule has 0 saturated carbocycles. The third kappa shape index (κ3) is 1.50. The highest BCUT2D eigenvalue weighted by atomic mass is 15.3. The van der Waals surface area contributed by atoms with Gasteiger partial charge in [0.15, 0.2) is 0 Å². The highest BCUT2D eigenvalue weighted by molar-refractivity contribution is 5.17. The lowest BCUT2D eigenvalue weighted by molar-refractivity contribution is 0.345. The molecule has 0 fully saturated rings. The van der Waals surface area contributed by atoms with Gasteiger partial charge in [-0.15, -0.1) is 0 Å². The van der Waals surface area contributed by atoms with E-state index in [2.05, 4.69) is 43.5 Å². The first-order valence-corrected chi connectivity index (χ1v) is 5.04. The average Bonchev–Trinajstić information content (AvgIpc) is 2.39.